The molecule has 1 atom stereocenters. The Labute approximate surface area is 136 Å². The Morgan fingerprint density at radius 1 is 1.10 bits per heavy atom. The van der Waals surface area contributed by atoms with Crippen LogP contribution in [0.1, 0.15) is 35.6 Å². The van der Waals surface area contributed by atoms with Gasteiger partial charge in [0.05, 0.1) is 0 Å². The van der Waals surface area contributed by atoms with Crippen LogP contribution in [-0.4, -0.2) is 6.54 Å². The summed E-state index contributed by atoms with van der Waals surface area (Å²) in [6, 6.07) is 15.0. The lowest BCUT2D eigenvalue weighted by atomic mass is 9.87. The number of hydrogen-bond acceptors (Lipinski definition) is 1. The van der Waals surface area contributed by atoms with Crippen molar-refractivity contribution in [2.45, 2.75) is 31.7 Å². The van der Waals surface area contributed by atoms with Crippen molar-refractivity contribution in [3.8, 4) is 0 Å². The summed E-state index contributed by atoms with van der Waals surface area (Å²) in [4.78, 5) is 0. The molecule has 0 aliphatic heterocycles. The van der Waals surface area contributed by atoms with Crippen LogP contribution in [0.4, 0.5) is 0 Å². The molecule has 1 aliphatic rings. The predicted molar refractivity (Wildman–Crippen MR) is 90.3 cm³/mol. The predicted octanol–water partition coefficient (Wildman–Crippen LogP) is 5.20. The normalized spacial score (nSPS) is 17.5. The van der Waals surface area contributed by atoms with Crippen LogP contribution in [0, 0.1) is 0 Å². The van der Waals surface area contributed by atoms with Gasteiger partial charge in [-0.2, -0.15) is 0 Å². The summed E-state index contributed by atoms with van der Waals surface area (Å²) in [5, 5.41) is 5.13. The molecule has 3 heteroatoms. The molecule has 2 aromatic carbocycles. The molecule has 1 aliphatic carbocycles. The number of aryl methyl sites for hydroxylation is 1. The molecule has 0 fully saturated rings. The Morgan fingerprint density at radius 2 is 1.95 bits per heavy atom. The first-order valence-electron chi connectivity index (χ1n) is 7.49. The molecule has 0 saturated heterocycles. The first-order valence-corrected chi connectivity index (χ1v) is 8.25. The smallest absolute Gasteiger partial charge is 0.0453 e. The molecule has 0 radical (unpaired) electrons. The van der Waals surface area contributed by atoms with Crippen LogP contribution >= 0.6 is 23.2 Å². The minimum Gasteiger partial charge on any atom is -0.310 e. The molecule has 0 saturated carbocycles. The van der Waals surface area contributed by atoms with Gasteiger partial charge in [0.2, 0.25) is 0 Å². The maximum Gasteiger partial charge on any atom is 0.0453 e. The quantitative estimate of drug-likeness (QED) is 0.816. The zero-order chi connectivity index (χ0) is 14.7. The molecule has 0 heterocycles. The summed E-state index contributed by atoms with van der Waals surface area (Å²) in [5.74, 6) is 0. The minimum absolute atomic E-state index is 0.473. The zero-order valence-electron chi connectivity index (χ0n) is 11.9. The van der Waals surface area contributed by atoms with Gasteiger partial charge in [0.15, 0.2) is 0 Å². The van der Waals surface area contributed by atoms with Crippen molar-refractivity contribution in [2.75, 3.05) is 6.54 Å². The fourth-order valence-electron chi connectivity index (χ4n) is 3.07. The van der Waals surface area contributed by atoms with Crippen LogP contribution in [0.3, 0.4) is 0 Å². The van der Waals surface area contributed by atoms with Gasteiger partial charge < -0.3 is 5.32 Å². The lowest BCUT2D eigenvalue weighted by Crippen LogP contribution is -2.27. The summed E-state index contributed by atoms with van der Waals surface area (Å²) >= 11 is 12.1. The van der Waals surface area contributed by atoms with Gasteiger partial charge in [0, 0.05) is 16.1 Å². The molecule has 110 valence electrons. The number of halogens is 2. The molecule has 21 heavy (non-hydrogen) atoms. The van der Waals surface area contributed by atoms with E-state index in [1.807, 2.05) is 18.2 Å². The fraction of sp³-hybridized carbons (Fsp3) is 0.333. The molecule has 0 spiro atoms. The third-order valence-corrected chi connectivity index (χ3v) is 4.76. The molecule has 1 nitrogen and oxygen atoms in total. The van der Waals surface area contributed by atoms with Crippen LogP contribution < -0.4 is 5.32 Å². The monoisotopic (exact) mass is 319 g/mol. The second-order valence-electron chi connectivity index (χ2n) is 5.58. The topological polar surface area (TPSA) is 12.0 Å². The number of rotatable bonds is 4. The molecule has 2 aromatic rings. The Morgan fingerprint density at radius 3 is 2.81 bits per heavy atom. The average Bonchev–Trinajstić information content (AvgIpc) is 2.50. The lowest BCUT2D eigenvalue weighted by molar-refractivity contribution is 0.463. The maximum absolute atomic E-state index is 6.22. The van der Waals surface area contributed by atoms with Gasteiger partial charge in [-0.15, -0.1) is 0 Å². The molecule has 3 rings (SSSR count). The molecule has 1 unspecified atom stereocenters. The molecular formula is C18H19Cl2N. The first kappa shape index (κ1) is 14.9. The summed E-state index contributed by atoms with van der Waals surface area (Å²) < 4.78 is 0. The Balaban J connectivity index is 1.61. The third-order valence-electron chi connectivity index (χ3n) is 4.17. The molecule has 0 amide bonds. The highest BCUT2D eigenvalue weighted by molar-refractivity contribution is 6.35. The van der Waals surface area contributed by atoms with Crippen molar-refractivity contribution in [3.05, 3.63) is 69.2 Å². The SMILES string of the molecule is Clc1ccc(CCNC2CCCc3ccccc32)c(Cl)c1. The van der Waals surface area contributed by atoms with Crippen LogP contribution in [0.5, 0.6) is 0 Å². The van der Waals surface area contributed by atoms with Crippen LogP contribution in [-0.2, 0) is 12.8 Å². The van der Waals surface area contributed by atoms with Gasteiger partial charge in [-0.3, -0.25) is 0 Å². The van der Waals surface area contributed by atoms with Crippen molar-refractivity contribution < 1.29 is 0 Å². The van der Waals surface area contributed by atoms with Crippen molar-refractivity contribution in [2.24, 2.45) is 0 Å². The Kier molecular flexibility index (Phi) is 4.84. The summed E-state index contributed by atoms with van der Waals surface area (Å²) in [6.45, 7) is 0.931. The van der Waals surface area contributed by atoms with Crippen molar-refractivity contribution in [1.82, 2.24) is 5.32 Å². The number of nitrogens with one attached hydrogen (secondary N) is 1. The molecular weight excluding hydrogens is 301 g/mol. The van der Waals surface area contributed by atoms with Crippen molar-refractivity contribution in [3.63, 3.8) is 0 Å². The number of hydrogen-bond donors (Lipinski definition) is 1. The fourth-order valence-corrected chi connectivity index (χ4v) is 3.57. The minimum atomic E-state index is 0.473. The second kappa shape index (κ2) is 6.83. The second-order valence-corrected chi connectivity index (χ2v) is 6.43. The largest absolute Gasteiger partial charge is 0.310 e. The van der Waals surface area contributed by atoms with E-state index in [4.69, 9.17) is 23.2 Å². The van der Waals surface area contributed by atoms with E-state index < -0.39 is 0 Å². The standard InChI is InChI=1S/C18H19Cl2N/c19-15-9-8-14(17(20)12-15)10-11-21-18-7-3-5-13-4-1-2-6-16(13)18/h1-2,4,6,8-9,12,18,21H,3,5,7,10-11H2. The third kappa shape index (κ3) is 3.60. The zero-order valence-corrected chi connectivity index (χ0v) is 13.4. The van der Waals surface area contributed by atoms with E-state index in [1.54, 1.807) is 0 Å². The molecule has 0 bridgehead atoms. The van der Waals surface area contributed by atoms with Gasteiger partial charge in [0.25, 0.3) is 0 Å². The van der Waals surface area contributed by atoms with Crippen LogP contribution in [0.25, 0.3) is 0 Å². The first-order chi connectivity index (χ1) is 10.2. The van der Waals surface area contributed by atoms with E-state index in [9.17, 15) is 0 Å². The van der Waals surface area contributed by atoms with Gasteiger partial charge in [0.1, 0.15) is 0 Å². The van der Waals surface area contributed by atoms with E-state index in [1.165, 1.54) is 30.4 Å². The van der Waals surface area contributed by atoms with Gasteiger partial charge in [-0.1, -0.05) is 53.5 Å². The van der Waals surface area contributed by atoms with Gasteiger partial charge in [-0.25, -0.2) is 0 Å². The van der Waals surface area contributed by atoms with E-state index in [-0.39, 0.29) is 0 Å². The average molecular weight is 320 g/mol. The highest BCUT2D eigenvalue weighted by Crippen LogP contribution is 2.29. The highest BCUT2D eigenvalue weighted by atomic mass is 35.5. The summed E-state index contributed by atoms with van der Waals surface area (Å²) in [6.07, 6.45) is 4.60. The van der Waals surface area contributed by atoms with E-state index in [0.717, 1.165) is 23.6 Å². The van der Waals surface area contributed by atoms with Crippen molar-refractivity contribution in [1.29, 1.82) is 0 Å². The number of benzene rings is 2. The highest BCUT2D eigenvalue weighted by Gasteiger charge is 2.18. The van der Waals surface area contributed by atoms with Crippen molar-refractivity contribution >= 4 is 23.2 Å². The summed E-state index contributed by atoms with van der Waals surface area (Å²) in [7, 11) is 0. The Hall–Kier alpha value is -1.02. The van der Waals surface area contributed by atoms with Gasteiger partial charge in [-0.05, 0) is 61.1 Å². The number of fused-ring (bicyclic) bond motifs is 1. The van der Waals surface area contributed by atoms with Gasteiger partial charge >= 0.3 is 0 Å². The maximum atomic E-state index is 6.22. The molecule has 0 aromatic heterocycles. The van der Waals surface area contributed by atoms with Crippen LogP contribution in [0.2, 0.25) is 10.0 Å². The molecule has 1 N–H and O–H groups in total. The van der Waals surface area contributed by atoms with E-state index in [2.05, 4.69) is 29.6 Å². The van der Waals surface area contributed by atoms with E-state index >= 15 is 0 Å². The van der Waals surface area contributed by atoms with E-state index in [0.29, 0.717) is 11.1 Å². The Bertz CT molecular complexity index is 624. The summed E-state index contributed by atoms with van der Waals surface area (Å²) in [5.41, 5.74) is 4.11. The lowest BCUT2D eigenvalue weighted by Gasteiger charge is -2.26. The van der Waals surface area contributed by atoms with Crippen LogP contribution in [0.15, 0.2) is 42.5 Å².